The highest BCUT2D eigenvalue weighted by molar-refractivity contribution is 6.05. The zero-order valence-electron chi connectivity index (χ0n) is 7.28. The van der Waals surface area contributed by atoms with Gasteiger partial charge in [0, 0.05) is 12.1 Å². The molecule has 5 heteroatoms. The van der Waals surface area contributed by atoms with Crippen LogP contribution in [-0.2, 0) is 0 Å². The van der Waals surface area contributed by atoms with E-state index in [2.05, 4.69) is 10.5 Å². The molecule has 3 rings (SSSR count). The van der Waals surface area contributed by atoms with Crippen molar-refractivity contribution in [3.8, 4) is 17.2 Å². The smallest absolute Gasteiger partial charge is 0.173 e. The summed E-state index contributed by atoms with van der Waals surface area (Å²) >= 11 is 0. The lowest BCUT2D eigenvalue weighted by Crippen LogP contribution is -2.19. The van der Waals surface area contributed by atoms with Gasteiger partial charge in [-0.3, -0.25) is 4.99 Å². The SMILES string of the molecule is Oc1cc2c3c(c1)ONC3=NCCO2. The summed E-state index contributed by atoms with van der Waals surface area (Å²) in [6.45, 7) is 1.10. The Hall–Kier alpha value is -1.91. The van der Waals surface area contributed by atoms with Gasteiger partial charge in [-0.25, -0.2) is 5.48 Å². The molecule has 0 amide bonds. The molecule has 0 radical (unpaired) electrons. The van der Waals surface area contributed by atoms with Crippen molar-refractivity contribution in [1.82, 2.24) is 5.48 Å². The number of aliphatic imine (C=N–C) groups is 1. The standard InChI is InChI=1S/C9H8N2O3/c12-5-3-6-8-7(4-5)14-11-9(8)10-1-2-13-6/h3-4,12H,1-2H2,(H,10,11). The van der Waals surface area contributed by atoms with Gasteiger partial charge >= 0.3 is 0 Å². The topological polar surface area (TPSA) is 63.1 Å². The molecular formula is C9H8N2O3. The van der Waals surface area contributed by atoms with Crippen molar-refractivity contribution in [3.63, 3.8) is 0 Å². The third-order valence-corrected chi connectivity index (χ3v) is 2.16. The van der Waals surface area contributed by atoms with Gasteiger partial charge in [0.25, 0.3) is 0 Å². The number of hydrogen-bond donors (Lipinski definition) is 2. The molecule has 0 saturated heterocycles. The first-order chi connectivity index (χ1) is 6.84. The molecule has 1 aromatic carbocycles. The Morgan fingerprint density at radius 2 is 2.21 bits per heavy atom. The Morgan fingerprint density at radius 3 is 3.14 bits per heavy atom. The normalized spacial score (nSPS) is 17.0. The lowest BCUT2D eigenvalue weighted by atomic mass is 10.1. The highest BCUT2D eigenvalue weighted by Crippen LogP contribution is 2.37. The summed E-state index contributed by atoms with van der Waals surface area (Å²) < 4.78 is 5.43. The van der Waals surface area contributed by atoms with Gasteiger partial charge < -0.3 is 14.7 Å². The fourth-order valence-electron chi connectivity index (χ4n) is 1.58. The quantitative estimate of drug-likeness (QED) is 0.625. The summed E-state index contributed by atoms with van der Waals surface area (Å²) in [6, 6.07) is 3.10. The first-order valence-corrected chi connectivity index (χ1v) is 4.32. The maximum absolute atomic E-state index is 9.38. The molecule has 0 atom stereocenters. The molecule has 0 fully saturated rings. The second-order valence-corrected chi connectivity index (χ2v) is 3.10. The molecule has 2 heterocycles. The molecular weight excluding hydrogens is 184 g/mol. The van der Waals surface area contributed by atoms with Crippen molar-refractivity contribution >= 4 is 5.84 Å². The number of benzene rings is 1. The first kappa shape index (κ1) is 7.49. The van der Waals surface area contributed by atoms with Crippen LogP contribution in [0.2, 0.25) is 0 Å². The summed E-state index contributed by atoms with van der Waals surface area (Å²) in [5, 5.41) is 9.38. The summed E-state index contributed by atoms with van der Waals surface area (Å²) in [4.78, 5) is 9.38. The second-order valence-electron chi connectivity index (χ2n) is 3.10. The van der Waals surface area contributed by atoms with Gasteiger partial charge in [-0.15, -0.1) is 0 Å². The van der Waals surface area contributed by atoms with E-state index in [4.69, 9.17) is 9.57 Å². The predicted octanol–water partition coefficient (Wildman–Crippen LogP) is 0.428. The molecule has 0 aromatic heterocycles. The number of amidine groups is 1. The first-order valence-electron chi connectivity index (χ1n) is 4.32. The molecule has 2 N–H and O–H groups in total. The maximum Gasteiger partial charge on any atom is 0.173 e. The van der Waals surface area contributed by atoms with Crippen LogP contribution in [0, 0.1) is 0 Å². The molecule has 0 aliphatic carbocycles. The van der Waals surface area contributed by atoms with Crippen LogP contribution in [0.25, 0.3) is 0 Å². The van der Waals surface area contributed by atoms with Crippen LogP contribution in [0.1, 0.15) is 5.56 Å². The number of hydrogen-bond acceptors (Lipinski definition) is 5. The third-order valence-electron chi connectivity index (χ3n) is 2.16. The van der Waals surface area contributed by atoms with Crippen LogP contribution < -0.4 is 15.1 Å². The molecule has 2 aliphatic rings. The van der Waals surface area contributed by atoms with Gasteiger partial charge in [0.2, 0.25) is 0 Å². The summed E-state index contributed by atoms with van der Waals surface area (Å²) in [7, 11) is 0. The molecule has 0 saturated carbocycles. The van der Waals surface area contributed by atoms with Gasteiger partial charge in [0.1, 0.15) is 23.7 Å². The van der Waals surface area contributed by atoms with E-state index in [1.807, 2.05) is 0 Å². The summed E-state index contributed by atoms with van der Waals surface area (Å²) in [6.07, 6.45) is 0. The zero-order valence-corrected chi connectivity index (χ0v) is 7.28. The predicted molar refractivity (Wildman–Crippen MR) is 48.8 cm³/mol. The van der Waals surface area contributed by atoms with E-state index in [9.17, 15) is 5.11 Å². The van der Waals surface area contributed by atoms with E-state index in [0.717, 1.165) is 5.56 Å². The van der Waals surface area contributed by atoms with Gasteiger partial charge in [-0.2, -0.15) is 0 Å². The minimum Gasteiger partial charge on any atom is -0.508 e. The maximum atomic E-state index is 9.38. The molecule has 5 nitrogen and oxygen atoms in total. The summed E-state index contributed by atoms with van der Waals surface area (Å²) in [5.74, 6) is 1.97. The Bertz CT molecular complexity index is 428. The molecule has 1 aromatic rings. The van der Waals surface area contributed by atoms with E-state index in [0.29, 0.717) is 30.5 Å². The average molecular weight is 192 g/mol. The molecule has 0 bridgehead atoms. The Morgan fingerprint density at radius 1 is 1.36 bits per heavy atom. The van der Waals surface area contributed by atoms with Crippen LogP contribution in [0.5, 0.6) is 17.2 Å². The lowest BCUT2D eigenvalue weighted by Gasteiger charge is -2.05. The van der Waals surface area contributed by atoms with E-state index in [1.54, 1.807) is 6.07 Å². The third kappa shape index (κ3) is 0.921. The number of phenolic OH excluding ortho intramolecular Hbond substituents is 1. The van der Waals surface area contributed by atoms with E-state index in [1.165, 1.54) is 6.07 Å². The molecule has 0 unspecified atom stereocenters. The van der Waals surface area contributed by atoms with Crippen LogP contribution in [0.3, 0.4) is 0 Å². The van der Waals surface area contributed by atoms with Crippen molar-refractivity contribution < 1.29 is 14.7 Å². The van der Waals surface area contributed by atoms with E-state index in [-0.39, 0.29) is 5.75 Å². The van der Waals surface area contributed by atoms with Crippen molar-refractivity contribution in [2.24, 2.45) is 4.99 Å². The number of aromatic hydroxyl groups is 1. The number of nitrogens with one attached hydrogen (secondary N) is 1. The number of phenols is 1. The zero-order chi connectivity index (χ0) is 9.54. The van der Waals surface area contributed by atoms with Crippen LogP contribution in [-0.4, -0.2) is 24.1 Å². The van der Waals surface area contributed by atoms with Gasteiger partial charge in [0.15, 0.2) is 11.6 Å². The average Bonchev–Trinajstić information content (AvgIpc) is 2.43. The van der Waals surface area contributed by atoms with Crippen molar-refractivity contribution in [1.29, 1.82) is 0 Å². The fourth-order valence-corrected chi connectivity index (χ4v) is 1.58. The highest BCUT2D eigenvalue weighted by Gasteiger charge is 2.26. The van der Waals surface area contributed by atoms with Crippen molar-refractivity contribution in [3.05, 3.63) is 17.7 Å². The van der Waals surface area contributed by atoms with E-state index < -0.39 is 0 Å². The second kappa shape index (κ2) is 2.54. The number of hydroxylamine groups is 1. The monoisotopic (exact) mass is 192 g/mol. The van der Waals surface area contributed by atoms with Gasteiger partial charge in [0.05, 0.1) is 6.54 Å². The lowest BCUT2D eigenvalue weighted by molar-refractivity contribution is 0.273. The number of rotatable bonds is 0. The van der Waals surface area contributed by atoms with Gasteiger partial charge in [-0.05, 0) is 0 Å². The van der Waals surface area contributed by atoms with Crippen LogP contribution >= 0.6 is 0 Å². The Balaban J connectivity index is 2.27. The Labute approximate surface area is 79.9 Å². The largest absolute Gasteiger partial charge is 0.508 e. The number of ether oxygens (including phenoxy) is 1. The van der Waals surface area contributed by atoms with Crippen LogP contribution in [0.15, 0.2) is 17.1 Å². The highest BCUT2D eigenvalue weighted by atomic mass is 16.7. The summed E-state index contributed by atoms with van der Waals surface area (Å²) in [5.41, 5.74) is 3.48. The van der Waals surface area contributed by atoms with Crippen LogP contribution in [0.4, 0.5) is 0 Å². The fraction of sp³-hybridized carbons (Fsp3) is 0.222. The minimum absolute atomic E-state index is 0.128. The molecule has 14 heavy (non-hydrogen) atoms. The minimum atomic E-state index is 0.128. The molecule has 2 aliphatic heterocycles. The molecule has 0 spiro atoms. The van der Waals surface area contributed by atoms with Gasteiger partial charge in [-0.1, -0.05) is 0 Å². The van der Waals surface area contributed by atoms with E-state index >= 15 is 0 Å². The van der Waals surface area contributed by atoms with Crippen molar-refractivity contribution in [2.75, 3.05) is 13.2 Å². The van der Waals surface area contributed by atoms with Crippen molar-refractivity contribution in [2.45, 2.75) is 0 Å². The molecule has 72 valence electrons. The number of nitrogens with zero attached hydrogens (tertiary/aromatic N) is 1. The Kier molecular flexibility index (Phi) is 1.36.